The normalized spacial score (nSPS) is 16.3. The molecule has 25 heavy (non-hydrogen) atoms. The fourth-order valence-electron chi connectivity index (χ4n) is 2.57. The molecule has 2 N–H and O–H groups in total. The number of cyclic esters (lactones) is 1. The fraction of sp³-hybridized carbons (Fsp3) is 0.222. The van der Waals surface area contributed by atoms with Crippen LogP contribution in [-0.4, -0.2) is 38.4 Å². The Kier molecular flexibility index (Phi) is 5.03. The Bertz CT molecular complexity index is 751. The molecule has 1 fully saturated rings. The van der Waals surface area contributed by atoms with Crippen LogP contribution in [0.5, 0.6) is 5.75 Å². The van der Waals surface area contributed by atoms with Crippen LogP contribution < -0.4 is 20.3 Å². The number of amides is 3. The number of rotatable bonds is 5. The van der Waals surface area contributed by atoms with Crippen LogP contribution in [0.1, 0.15) is 0 Å². The summed E-state index contributed by atoms with van der Waals surface area (Å²) >= 11 is 0. The molecule has 3 amide bonds. The third kappa shape index (κ3) is 4.00. The van der Waals surface area contributed by atoms with Crippen molar-refractivity contribution in [2.24, 2.45) is 0 Å². The average molecular weight is 341 g/mol. The molecule has 2 aromatic rings. The molecule has 2 aromatic carbocycles. The minimum absolute atomic E-state index is 0.218. The highest BCUT2D eigenvalue weighted by molar-refractivity contribution is 5.91. The number of urea groups is 1. The van der Waals surface area contributed by atoms with Crippen molar-refractivity contribution in [2.75, 3.05) is 30.4 Å². The van der Waals surface area contributed by atoms with Gasteiger partial charge in [0.25, 0.3) is 0 Å². The van der Waals surface area contributed by atoms with Gasteiger partial charge in [0.15, 0.2) is 0 Å². The molecule has 0 aliphatic carbocycles. The number of hydrogen-bond donors (Lipinski definition) is 2. The van der Waals surface area contributed by atoms with E-state index >= 15 is 0 Å². The molecule has 7 heteroatoms. The average Bonchev–Trinajstić information content (AvgIpc) is 3.02. The van der Waals surface area contributed by atoms with Crippen LogP contribution in [0.15, 0.2) is 54.6 Å². The second-order valence-corrected chi connectivity index (χ2v) is 5.49. The van der Waals surface area contributed by atoms with E-state index in [-0.39, 0.29) is 6.54 Å². The van der Waals surface area contributed by atoms with Gasteiger partial charge in [-0.3, -0.25) is 4.90 Å². The molecular weight excluding hydrogens is 322 g/mol. The van der Waals surface area contributed by atoms with Gasteiger partial charge in [0.1, 0.15) is 11.9 Å². The molecule has 1 saturated heterocycles. The van der Waals surface area contributed by atoms with Gasteiger partial charge in [-0.2, -0.15) is 0 Å². The number of carbonyl (C=O) groups excluding carboxylic acids is 2. The summed E-state index contributed by atoms with van der Waals surface area (Å²) in [7, 11) is 1.54. The summed E-state index contributed by atoms with van der Waals surface area (Å²) in [5, 5.41) is 5.42. The highest BCUT2D eigenvalue weighted by Gasteiger charge is 2.32. The van der Waals surface area contributed by atoms with Crippen molar-refractivity contribution in [1.82, 2.24) is 5.32 Å². The first-order valence-electron chi connectivity index (χ1n) is 7.88. The number of methoxy groups -OCH3 is 1. The Morgan fingerprint density at radius 2 is 1.92 bits per heavy atom. The van der Waals surface area contributed by atoms with E-state index in [1.54, 1.807) is 23.1 Å². The van der Waals surface area contributed by atoms with Crippen LogP contribution in [0, 0.1) is 0 Å². The third-order valence-electron chi connectivity index (χ3n) is 3.79. The Balaban J connectivity index is 1.52. The number of hydrogen-bond acceptors (Lipinski definition) is 4. The van der Waals surface area contributed by atoms with Gasteiger partial charge in [0, 0.05) is 5.69 Å². The number of benzene rings is 2. The predicted molar refractivity (Wildman–Crippen MR) is 94.1 cm³/mol. The van der Waals surface area contributed by atoms with E-state index in [9.17, 15) is 9.59 Å². The first-order chi connectivity index (χ1) is 12.2. The predicted octanol–water partition coefficient (Wildman–Crippen LogP) is 2.84. The van der Waals surface area contributed by atoms with Crippen molar-refractivity contribution >= 4 is 23.5 Å². The number of carbonyl (C=O) groups is 2. The zero-order valence-corrected chi connectivity index (χ0v) is 13.8. The van der Waals surface area contributed by atoms with E-state index in [0.29, 0.717) is 18.0 Å². The van der Waals surface area contributed by atoms with Crippen LogP contribution in [0.4, 0.5) is 21.0 Å². The van der Waals surface area contributed by atoms with Gasteiger partial charge in [-0.05, 0) is 24.3 Å². The minimum atomic E-state index is -0.414. The summed E-state index contributed by atoms with van der Waals surface area (Å²) in [6, 6.07) is 16.0. The van der Waals surface area contributed by atoms with Crippen LogP contribution >= 0.6 is 0 Å². The van der Waals surface area contributed by atoms with E-state index in [0.717, 1.165) is 5.69 Å². The molecule has 1 aliphatic rings. The number of nitrogens with one attached hydrogen (secondary N) is 2. The van der Waals surface area contributed by atoms with Gasteiger partial charge in [0.2, 0.25) is 0 Å². The Labute approximate surface area is 145 Å². The number of anilines is 2. The molecule has 0 unspecified atom stereocenters. The van der Waals surface area contributed by atoms with Gasteiger partial charge in [0.05, 0.1) is 25.9 Å². The van der Waals surface area contributed by atoms with Crippen LogP contribution in [0.3, 0.4) is 0 Å². The van der Waals surface area contributed by atoms with Gasteiger partial charge < -0.3 is 20.1 Å². The molecule has 1 heterocycles. The molecule has 7 nitrogen and oxygen atoms in total. The smallest absolute Gasteiger partial charge is 0.414 e. The monoisotopic (exact) mass is 341 g/mol. The summed E-state index contributed by atoms with van der Waals surface area (Å²) in [5.41, 5.74) is 1.34. The lowest BCUT2D eigenvalue weighted by Crippen LogP contribution is -2.37. The number of para-hydroxylation sites is 3. The van der Waals surface area contributed by atoms with Crippen molar-refractivity contribution in [3.8, 4) is 5.75 Å². The molecule has 1 atom stereocenters. The summed E-state index contributed by atoms with van der Waals surface area (Å²) in [6.45, 7) is 0.605. The topological polar surface area (TPSA) is 79.9 Å². The fourth-order valence-corrected chi connectivity index (χ4v) is 2.57. The summed E-state index contributed by atoms with van der Waals surface area (Å²) < 4.78 is 10.5. The maximum atomic E-state index is 12.0. The molecule has 0 bridgehead atoms. The van der Waals surface area contributed by atoms with Crippen molar-refractivity contribution in [2.45, 2.75) is 6.10 Å². The summed E-state index contributed by atoms with van der Waals surface area (Å²) in [6.07, 6.45) is -0.820. The van der Waals surface area contributed by atoms with Gasteiger partial charge in [-0.1, -0.05) is 30.3 Å². The van der Waals surface area contributed by atoms with Gasteiger partial charge in [-0.25, -0.2) is 9.59 Å². The van der Waals surface area contributed by atoms with E-state index in [2.05, 4.69) is 10.6 Å². The van der Waals surface area contributed by atoms with E-state index in [1.807, 2.05) is 36.4 Å². The zero-order chi connectivity index (χ0) is 17.6. The van der Waals surface area contributed by atoms with Gasteiger partial charge in [-0.15, -0.1) is 0 Å². The number of nitrogens with zero attached hydrogens (tertiary/aromatic N) is 1. The van der Waals surface area contributed by atoms with Crippen molar-refractivity contribution in [3.05, 3.63) is 54.6 Å². The molecule has 0 aromatic heterocycles. The summed E-state index contributed by atoms with van der Waals surface area (Å²) in [4.78, 5) is 25.5. The molecule has 3 rings (SSSR count). The first kappa shape index (κ1) is 16.6. The minimum Gasteiger partial charge on any atom is -0.495 e. The molecule has 1 aliphatic heterocycles. The van der Waals surface area contributed by atoms with E-state index in [4.69, 9.17) is 9.47 Å². The quantitative estimate of drug-likeness (QED) is 0.876. The highest BCUT2D eigenvalue weighted by Crippen LogP contribution is 2.23. The Morgan fingerprint density at radius 1 is 1.20 bits per heavy atom. The molecule has 130 valence electrons. The molecule has 0 radical (unpaired) electrons. The van der Waals surface area contributed by atoms with Crippen LogP contribution in [0.25, 0.3) is 0 Å². The van der Waals surface area contributed by atoms with Crippen LogP contribution in [-0.2, 0) is 4.74 Å². The standard InChI is InChI=1S/C18H19N3O4/c1-24-16-10-6-5-9-15(16)20-17(22)19-11-14-12-21(18(23)25-14)13-7-3-2-4-8-13/h2-10,14H,11-12H2,1H3,(H2,19,20,22)/t14-/m0/s1. The highest BCUT2D eigenvalue weighted by atomic mass is 16.6. The lowest BCUT2D eigenvalue weighted by Gasteiger charge is -2.13. The Hall–Kier alpha value is -3.22. The molecule has 0 spiro atoms. The first-order valence-corrected chi connectivity index (χ1v) is 7.88. The largest absolute Gasteiger partial charge is 0.495 e. The lowest BCUT2D eigenvalue weighted by molar-refractivity contribution is 0.141. The van der Waals surface area contributed by atoms with Crippen molar-refractivity contribution in [1.29, 1.82) is 0 Å². The molecular formula is C18H19N3O4. The maximum Gasteiger partial charge on any atom is 0.414 e. The summed E-state index contributed by atoms with van der Waals surface area (Å²) in [5.74, 6) is 0.570. The van der Waals surface area contributed by atoms with E-state index in [1.165, 1.54) is 7.11 Å². The maximum absolute atomic E-state index is 12.0. The zero-order valence-electron chi connectivity index (χ0n) is 13.8. The SMILES string of the molecule is COc1ccccc1NC(=O)NC[C@H]1CN(c2ccccc2)C(=O)O1. The second kappa shape index (κ2) is 7.57. The van der Waals surface area contributed by atoms with Crippen molar-refractivity contribution < 1.29 is 19.1 Å². The lowest BCUT2D eigenvalue weighted by atomic mass is 10.2. The van der Waals surface area contributed by atoms with E-state index < -0.39 is 18.2 Å². The third-order valence-corrected chi connectivity index (χ3v) is 3.79. The second-order valence-electron chi connectivity index (χ2n) is 5.49. The van der Waals surface area contributed by atoms with Gasteiger partial charge >= 0.3 is 12.1 Å². The van der Waals surface area contributed by atoms with Crippen LogP contribution in [0.2, 0.25) is 0 Å². The number of ether oxygens (including phenoxy) is 2. The van der Waals surface area contributed by atoms with Crippen molar-refractivity contribution in [3.63, 3.8) is 0 Å². The Morgan fingerprint density at radius 3 is 2.68 bits per heavy atom. The molecule has 0 saturated carbocycles.